The lowest BCUT2D eigenvalue weighted by atomic mass is 9.69. The van der Waals surface area contributed by atoms with Gasteiger partial charge in [-0.1, -0.05) is 45.1 Å². The van der Waals surface area contributed by atoms with Crippen molar-refractivity contribution in [2.45, 2.75) is 84.4 Å². The third-order valence-corrected chi connectivity index (χ3v) is 8.17. The van der Waals surface area contributed by atoms with Crippen LogP contribution < -0.4 is 5.32 Å². The molecule has 0 saturated heterocycles. The first-order chi connectivity index (χ1) is 19.0. The first kappa shape index (κ1) is 29.7. The number of nitrogens with one attached hydrogen (secondary N) is 1. The number of aliphatic imine (C=N–C) groups is 1. The number of rotatable bonds is 12. The maximum absolute atomic E-state index is 15.1. The molecule has 1 aliphatic heterocycles. The molecule has 1 N–H and O–H groups in total. The van der Waals surface area contributed by atoms with Crippen molar-refractivity contribution in [1.82, 2.24) is 5.32 Å². The summed E-state index contributed by atoms with van der Waals surface area (Å²) in [7, 11) is 1.38. The molecule has 214 valence electrons. The van der Waals surface area contributed by atoms with Crippen LogP contribution in [0.4, 0.5) is 8.78 Å². The van der Waals surface area contributed by atoms with Crippen LogP contribution >= 0.6 is 0 Å². The highest BCUT2D eigenvalue weighted by molar-refractivity contribution is 6.06. The number of alkyl halides is 1. The molecule has 1 heterocycles. The Balaban J connectivity index is 1.40. The first-order valence-corrected chi connectivity index (χ1v) is 14.4. The second kappa shape index (κ2) is 12.5. The number of hydrogen-bond acceptors (Lipinski definition) is 4. The lowest BCUT2D eigenvalue weighted by molar-refractivity contribution is -0.117. The number of halogens is 2. The van der Waals surface area contributed by atoms with E-state index in [9.17, 15) is 9.18 Å². The van der Waals surface area contributed by atoms with Crippen molar-refractivity contribution in [2.24, 2.45) is 16.8 Å². The standard InChI is InChI=1S/C34H42F2N2O2/c1-7-22-13-23(14-22)15-27-19-30-31(18-24(27)8-2)38-32(20-37-30)26-10-9-25(29(35)17-26)16-28(39)11-21(3)12-33(40-6)34(4,5)36/h9-10,12,17-20,22-23,30,37H,3,7-8,11,13-16H2,1-2,4-6H3/b33-12-. The van der Waals surface area contributed by atoms with Gasteiger partial charge in [-0.15, -0.1) is 0 Å². The van der Waals surface area contributed by atoms with E-state index in [1.165, 1.54) is 63.5 Å². The molecular weight excluding hydrogens is 506 g/mol. The molecule has 0 aromatic heterocycles. The van der Waals surface area contributed by atoms with Crippen molar-refractivity contribution in [2.75, 3.05) is 7.11 Å². The minimum Gasteiger partial charge on any atom is -0.498 e. The molecule has 40 heavy (non-hydrogen) atoms. The van der Waals surface area contributed by atoms with Gasteiger partial charge in [0.15, 0.2) is 5.67 Å². The Morgan fingerprint density at radius 1 is 1.23 bits per heavy atom. The second-order valence-corrected chi connectivity index (χ2v) is 11.8. The van der Waals surface area contributed by atoms with E-state index in [4.69, 9.17) is 9.73 Å². The molecule has 4 rings (SSSR count). The lowest BCUT2D eigenvalue weighted by Crippen LogP contribution is -2.36. The summed E-state index contributed by atoms with van der Waals surface area (Å²) in [6.07, 6.45) is 13.7. The van der Waals surface area contributed by atoms with Crippen LogP contribution in [0.1, 0.15) is 77.3 Å². The largest absolute Gasteiger partial charge is 0.498 e. The third-order valence-electron chi connectivity index (χ3n) is 8.17. The van der Waals surface area contributed by atoms with Crippen LogP contribution in [0.15, 0.2) is 76.7 Å². The Bertz CT molecular complexity index is 1300. The van der Waals surface area contributed by atoms with Crippen LogP contribution in [-0.2, 0) is 16.0 Å². The summed E-state index contributed by atoms with van der Waals surface area (Å²) < 4.78 is 34.3. The van der Waals surface area contributed by atoms with E-state index in [1.54, 1.807) is 12.1 Å². The van der Waals surface area contributed by atoms with Crippen molar-refractivity contribution in [3.05, 3.63) is 88.6 Å². The number of carbonyl (C=O) groups excluding carboxylic acids is 1. The summed E-state index contributed by atoms with van der Waals surface area (Å²) in [6, 6.07) is 4.89. The highest BCUT2D eigenvalue weighted by atomic mass is 19.1. The molecule has 1 atom stereocenters. The zero-order valence-electron chi connectivity index (χ0n) is 24.4. The van der Waals surface area contributed by atoms with Gasteiger partial charge in [0.25, 0.3) is 0 Å². The van der Waals surface area contributed by atoms with Crippen molar-refractivity contribution >= 4 is 17.2 Å². The molecule has 1 aromatic carbocycles. The molecule has 1 fully saturated rings. The van der Waals surface area contributed by atoms with Gasteiger partial charge in [-0.3, -0.25) is 4.79 Å². The van der Waals surface area contributed by atoms with E-state index in [0.717, 1.165) is 30.4 Å². The molecule has 0 spiro atoms. The van der Waals surface area contributed by atoms with Gasteiger partial charge in [0.2, 0.25) is 0 Å². The van der Waals surface area contributed by atoms with Gasteiger partial charge < -0.3 is 10.1 Å². The normalized spacial score (nSPS) is 22.6. The zero-order chi connectivity index (χ0) is 29.0. The number of benzene rings is 1. The van der Waals surface area contributed by atoms with Crippen LogP contribution in [-0.4, -0.2) is 30.3 Å². The fourth-order valence-corrected chi connectivity index (χ4v) is 5.78. The number of fused-ring (bicyclic) bond motifs is 1. The number of Topliss-reactive ketones (excluding diaryl/α,β-unsaturated/α-hetero) is 1. The van der Waals surface area contributed by atoms with Gasteiger partial charge in [0.05, 0.1) is 24.6 Å². The quantitative estimate of drug-likeness (QED) is 0.213. The summed E-state index contributed by atoms with van der Waals surface area (Å²) in [5.74, 6) is 1.10. The summed E-state index contributed by atoms with van der Waals surface area (Å²) >= 11 is 0. The first-order valence-electron chi connectivity index (χ1n) is 14.4. The third kappa shape index (κ3) is 7.07. The van der Waals surface area contributed by atoms with Crippen LogP contribution in [0.25, 0.3) is 5.70 Å². The number of carbonyl (C=O) groups is 1. The van der Waals surface area contributed by atoms with E-state index in [-0.39, 0.29) is 30.4 Å². The predicted molar refractivity (Wildman–Crippen MR) is 159 cm³/mol. The average Bonchev–Trinajstić information content (AvgIpc) is 2.88. The number of ketones is 1. The lowest BCUT2D eigenvalue weighted by Gasteiger charge is -2.37. The smallest absolute Gasteiger partial charge is 0.162 e. The van der Waals surface area contributed by atoms with E-state index < -0.39 is 11.5 Å². The average molecular weight is 549 g/mol. The van der Waals surface area contributed by atoms with Crippen molar-refractivity contribution in [1.29, 1.82) is 0 Å². The Morgan fingerprint density at radius 2 is 1.98 bits per heavy atom. The van der Waals surface area contributed by atoms with E-state index in [2.05, 4.69) is 37.9 Å². The van der Waals surface area contributed by atoms with E-state index >= 15 is 4.39 Å². The topological polar surface area (TPSA) is 50.7 Å². The summed E-state index contributed by atoms with van der Waals surface area (Å²) in [6.45, 7) is 11.0. The van der Waals surface area contributed by atoms with Gasteiger partial charge in [0.1, 0.15) is 17.4 Å². The highest BCUT2D eigenvalue weighted by Crippen LogP contribution is 2.42. The maximum atomic E-state index is 15.1. The molecule has 1 saturated carbocycles. The molecule has 3 aliphatic rings. The predicted octanol–water partition coefficient (Wildman–Crippen LogP) is 7.98. The SMILES string of the molecule is C=C(/C=C(\OC)C(C)(C)F)CC(=O)Cc1ccc(C2=CNC3C=C(CC4CC(CC)C4)C(CC)=CC3=N2)cc1F. The molecule has 4 nitrogen and oxygen atoms in total. The molecule has 0 radical (unpaired) electrons. The molecule has 1 unspecified atom stereocenters. The van der Waals surface area contributed by atoms with Crippen molar-refractivity contribution in [3.63, 3.8) is 0 Å². The molecule has 2 aliphatic carbocycles. The van der Waals surface area contributed by atoms with E-state index in [1.807, 2.05) is 6.20 Å². The fourth-order valence-electron chi connectivity index (χ4n) is 5.78. The minimum atomic E-state index is -1.69. The van der Waals surface area contributed by atoms with Gasteiger partial charge in [0, 0.05) is 24.6 Å². The monoisotopic (exact) mass is 548 g/mol. The molecule has 6 heteroatoms. The number of allylic oxidation sites excluding steroid dienone is 5. The maximum Gasteiger partial charge on any atom is 0.162 e. The minimum absolute atomic E-state index is 0.0181. The van der Waals surface area contributed by atoms with Gasteiger partial charge in [-0.2, -0.15) is 0 Å². The summed E-state index contributed by atoms with van der Waals surface area (Å²) in [4.78, 5) is 17.5. The Morgan fingerprint density at radius 3 is 2.60 bits per heavy atom. The molecule has 0 amide bonds. The number of nitrogens with zero attached hydrogens (tertiary/aromatic N) is 1. The second-order valence-electron chi connectivity index (χ2n) is 11.8. The van der Waals surface area contributed by atoms with Crippen LogP contribution in [0, 0.1) is 17.7 Å². The van der Waals surface area contributed by atoms with Crippen LogP contribution in [0.5, 0.6) is 0 Å². The highest BCUT2D eigenvalue weighted by Gasteiger charge is 2.31. The Hall–Kier alpha value is -3.28. The molecule has 1 aromatic rings. The molecule has 0 bridgehead atoms. The van der Waals surface area contributed by atoms with Crippen LogP contribution in [0.2, 0.25) is 0 Å². The van der Waals surface area contributed by atoms with Crippen molar-refractivity contribution < 1.29 is 18.3 Å². The number of ether oxygens (including phenoxy) is 1. The Kier molecular flexibility index (Phi) is 9.27. The van der Waals surface area contributed by atoms with E-state index in [0.29, 0.717) is 22.4 Å². The van der Waals surface area contributed by atoms with Gasteiger partial charge >= 0.3 is 0 Å². The van der Waals surface area contributed by atoms with Crippen molar-refractivity contribution in [3.8, 4) is 0 Å². The summed E-state index contributed by atoms with van der Waals surface area (Å²) in [5, 5.41) is 3.45. The summed E-state index contributed by atoms with van der Waals surface area (Å²) in [5.41, 5.74) is 4.05. The number of methoxy groups -OCH3 is 1. The van der Waals surface area contributed by atoms with Gasteiger partial charge in [-0.05, 0) is 91.9 Å². The molecular formula is C34H42F2N2O2. The fraction of sp³-hybridized carbons (Fsp3) is 0.471. The zero-order valence-corrected chi connectivity index (χ0v) is 24.4. The number of hydrogen-bond donors (Lipinski definition) is 1. The van der Waals surface area contributed by atoms with Gasteiger partial charge in [-0.25, -0.2) is 13.8 Å². The Labute approximate surface area is 237 Å². The van der Waals surface area contributed by atoms with Crippen LogP contribution in [0.3, 0.4) is 0 Å².